The summed E-state index contributed by atoms with van der Waals surface area (Å²) in [6.07, 6.45) is 5.77. The van der Waals surface area contributed by atoms with E-state index in [1.54, 1.807) is 14.2 Å². The molecule has 7 heteroatoms. The number of nitrogens with one attached hydrogen (secondary N) is 2. The summed E-state index contributed by atoms with van der Waals surface area (Å²) in [5, 5.41) is 6.64. The summed E-state index contributed by atoms with van der Waals surface area (Å²) in [5.74, 6) is 1.53. The Morgan fingerprint density at radius 2 is 2.10 bits per heavy atom. The fraction of sp³-hybridized carbons (Fsp3) is 0.364. The third-order valence-electron chi connectivity index (χ3n) is 4.48. The fourth-order valence-corrected chi connectivity index (χ4v) is 3.01. The van der Waals surface area contributed by atoms with Crippen molar-refractivity contribution >= 4 is 17.3 Å². The molecule has 29 heavy (non-hydrogen) atoms. The highest BCUT2D eigenvalue weighted by Crippen LogP contribution is 2.17. The summed E-state index contributed by atoms with van der Waals surface area (Å²) >= 11 is 0. The van der Waals surface area contributed by atoms with Gasteiger partial charge in [-0.2, -0.15) is 0 Å². The molecular weight excluding hydrogens is 366 g/mol. The molecule has 0 spiro atoms. The minimum atomic E-state index is 0.628. The molecule has 0 amide bonds. The Morgan fingerprint density at radius 3 is 2.90 bits per heavy atom. The summed E-state index contributed by atoms with van der Waals surface area (Å²) in [4.78, 5) is 9.01. The van der Waals surface area contributed by atoms with E-state index >= 15 is 0 Å². The third kappa shape index (κ3) is 5.96. The molecule has 0 saturated carbocycles. The molecular formula is C22H29N5O2. The molecule has 0 aliphatic rings. The lowest BCUT2D eigenvalue weighted by molar-refractivity contribution is 0.172. The number of ether oxygens (including phenoxy) is 2. The van der Waals surface area contributed by atoms with Crippen LogP contribution in [0.4, 0.5) is 5.69 Å². The number of hydrogen-bond donors (Lipinski definition) is 2. The lowest BCUT2D eigenvalue weighted by Gasteiger charge is -2.13. The molecule has 0 bridgehead atoms. The molecule has 2 heterocycles. The summed E-state index contributed by atoms with van der Waals surface area (Å²) in [6.45, 7) is 4.13. The topological polar surface area (TPSA) is 72.2 Å². The molecule has 0 saturated heterocycles. The Labute approximate surface area is 171 Å². The Kier molecular flexibility index (Phi) is 7.47. The predicted octanol–water partition coefficient (Wildman–Crippen LogP) is 3.29. The number of methoxy groups -OCH3 is 1. The molecule has 0 aliphatic heterocycles. The normalized spacial score (nSPS) is 11.6. The number of anilines is 1. The first kappa shape index (κ1) is 20.7. The van der Waals surface area contributed by atoms with Crippen LogP contribution in [-0.2, 0) is 11.2 Å². The standard InChI is InChI=1S/C22H29N5O2/c1-17-7-5-12-27-16-19(25-21(17)27)10-11-24-22(23-2)26-18-8-4-9-20(15-18)29-14-6-13-28-3/h4-5,7-9,12,15-16H,6,10-11,13-14H2,1-3H3,(H2,23,24,26). The second-order valence-electron chi connectivity index (χ2n) is 6.75. The van der Waals surface area contributed by atoms with Crippen LogP contribution >= 0.6 is 0 Å². The minimum absolute atomic E-state index is 0.628. The zero-order valence-corrected chi connectivity index (χ0v) is 17.3. The smallest absolute Gasteiger partial charge is 0.195 e. The van der Waals surface area contributed by atoms with Crippen molar-refractivity contribution in [3.63, 3.8) is 0 Å². The number of pyridine rings is 1. The molecule has 2 aromatic heterocycles. The summed E-state index contributed by atoms with van der Waals surface area (Å²) in [5.41, 5.74) is 4.15. The average molecular weight is 396 g/mol. The van der Waals surface area contributed by atoms with E-state index in [1.807, 2.05) is 36.5 Å². The minimum Gasteiger partial charge on any atom is -0.493 e. The van der Waals surface area contributed by atoms with E-state index < -0.39 is 0 Å². The quantitative estimate of drug-likeness (QED) is 0.330. The van der Waals surface area contributed by atoms with Gasteiger partial charge in [0, 0.05) is 64.3 Å². The molecule has 1 aromatic carbocycles. The fourth-order valence-electron chi connectivity index (χ4n) is 3.01. The molecule has 0 atom stereocenters. The highest BCUT2D eigenvalue weighted by Gasteiger charge is 2.05. The van der Waals surface area contributed by atoms with E-state index in [2.05, 4.69) is 39.2 Å². The SMILES string of the molecule is CN=C(NCCc1cn2cccc(C)c2n1)Nc1cccc(OCCCOC)c1. The van der Waals surface area contributed by atoms with E-state index in [4.69, 9.17) is 14.5 Å². The number of guanidine groups is 1. The van der Waals surface area contributed by atoms with Gasteiger partial charge in [0.1, 0.15) is 11.4 Å². The maximum absolute atomic E-state index is 5.75. The van der Waals surface area contributed by atoms with Crippen LogP contribution in [0, 0.1) is 6.92 Å². The number of imidazole rings is 1. The number of fused-ring (bicyclic) bond motifs is 1. The second-order valence-corrected chi connectivity index (χ2v) is 6.75. The van der Waals surface area contributed by atoms with Crippen LogP contribution in [-0.4, -0.2) is 49.3 Å². The van der Waals surface area contributed by atoms with Gasteiger partial charge >= 0.3 is 0 Å². The average Bonchev–Trinajstić information content (AvgIpc) is 3.15. The van der Waals surface area contributed by atoms with Crippen LogP contribution < -0.4 is 15.4 Å². The first-order chi connectivity index (χ1) is 14.2. The van der Waals surface area contributed by atoms with Gasteiger partial charge in [0.15, 0.2) is 5.96 Å². The summed E-state index contributed by atoms with van der Waals surface area (Å²) in [6, 6.07) is 12.0. The number of nitrogens with zero attached hydrogens (tertiary/aromatic N) is 3. The van der Waals surface area contributed by atoms with Gasteiger partial charge < -0.3 is 24.5 Å². The number of rotatable bonds is 9. The molecule has 3 rings (SSSR count). The van der Waals surface area contributed by atoms with Crippen molar-refractivity contribution in [3.05, 3.63) is 60.0 Å². The Balaban J connectivity index is 1.50. The first-order valence-corrected chi connectivity index (χ1v) is 9.82. The number of aromatic nitrogens is 2. The summed E-state index contributed by atoms with van der Waals surface area (Å²) < 4.78 is 12.9. The van der Waals surface area contributed by atoms with E-state index in [0.29, 0.717) is 19.2 Å². The molecule has 0 fully saturated rings. The molecule has 0 radical (unpaired) electrons. The van der Waals surface area contributed by atoms with Gasteiger partial charge in [0.2, 0.25) is 0 Å². The molecule has 0 aliphatic carbocycles. The molecule has 3 aromatic rings. The zero-order valence-electron chi connectivity index (χ0n) is 17.3. The van der Waals surface area contributed by atoms with Gasteiger partial charge in [0.25, 0.3) is 0 Å². The Hall–Kier alpha value is -3.06. The predicted molar refractivity (Wildman–Crippen MR) is 117 cm³/mol. The monoisotopic (exact) mass is 395 g/mol. The lowest BCUT2D eigenvalue weighted by Crippen LogP contribution is -2.32. The second kappa shape index (κ2) is 10.5. The van der Waals surface area contributed by atoms with Gasteiger partial charge in [-0.25, -0.2) is 4.98 Å². The largest absolute Gasteiger partial charge is 0.493 e. The highest BCUT2D eigenvalue weighted by molar-refractivity contribution is 5.93. The van der Waals surface area contributed by atoms with Crippen molar-refractivity contribution in [1.29, 1.82) is 0 Å². The molecule has 7 nitrogen and oxygen atoms in total. The lowest BCUT2D eigenvalue weighted by atomic mass is 10.3. The summed E-state index contributed by atoms with van der Waals surface area (Å²) in [7, 11) is 3.45. The van der Waals surface area contributed by atoms with Gasteiger partial charge in [0.05, 0.1) is 12.3 Å². The van der Waals surface area contributed by atoms with Crippen LogP contribution in [0.5, 0.6) is 5.75 Å². The zero-order chi connectivity index (χ0) is 20.5. The Bertz CT molecular complexity index is 951. The van der Waals surface area contributed by atoms with Crippen LogP contribution in [0.3, 0.4) is 0 Å². The first-order valence-electron chi connectivity index (χ1n) is 9.82. The number of aryl methyl sites for hydroxylation is 1. The van der Waals surface area contributed by atoms with Crippen LogP contribution in [0.25, 0.3) is 5.65 Å². The van der Waals surface area contributed by atoms with Crippen molar-refractivity contribution in [2.75, 3.05) is 39.2 Å². The number of benzene rings is 1. The Morgan fingerprint density at radius 1 is 1.21 bits per heavy atom. The number of aliphatic imine (C=N–C) groups is 1. The van der Waals surface area contributed by atoms with Crippen molar-refractivity contribution in [3.8, 4) is 5.75 Å². The number of hydrogen-bond acceptors (Lipinski definition) is 4. The van der Waals surface area contributed by atoms with Crippen molar-refractivity contribution in [2.24, 2.45) is 4.99 Å². The third-order valence-corrected chi connectivity index (χ3v) is 4.48. The molecule has 0 unspecified atom stereocenters. The maximum Gasteiger partial charge on any atom is 0.195 e. The molecule has 2 N–H and O–H groups in total. The van der Waals surface area contributed by atoms with Crippen LogP contribution in [0.15, 0.2) is 53.8 Å². The van der Waals surface area contributed by atoms with Gasteiger partial charge in [-0.15, -0.1) is 0 Å². The van der Waals surface area contributed by atoms with Crippen molar-refractivity contribution in [2.45, 2.75) is 19.8 Å². The van der Waals surface area contributed by atoms with Crippen LogP contribution in [0.2, 0.25) is 0 Å². The maximum atomic E-state index is 5.75. The van der Waals surface area contributed by atoms with Gasteiger partial charge in [-0.3, -0.25) is 4.99 Å². The van der Waals surface area contributed by atoms with Crippen LogP contribution in [0.1, 0.15) is 17.7 Å². The van der Waals surface area contributed by atoms with Crippen molar-refractivity contribution < 1.29 is 9.47 Å². The van der Waals surface area contributed by atoms with E-state index in [-0.39, 0.29) is 0 Å². The van der Waals surface area contributed by atoms with E-state index in [9.17, 15) is 0 Å². The van der Waals surface area contributed by atoms with Gasteiger partial charge in [-0.05, 0) is 30.7 Å². The van der Waals surface area contributed by atoms with Gasteiger partial charge in [-0.1, -0.05) is 12.1 Å². The highest BCUT2D eigenvalue weighted by atomic mass is 16.5. The van der Waals surface area contributed by atoms with E-state index in [0.717, 1.165) is 42.2 Å². The van der Waals surface area contributed by atoms with E-state index in [1.165, 1.54) is 5.56 Å². The van der Waals surface area contributed by atoms with Crippen molar-refractivity contribution in [1.82, 2.24) is 14.7 Å². The molecule has 154 valence electrons.